The largest absolute Gasteiger partial charge is 0.323 e. The Bertz CT molecular complexity index is 1210. The molecule has 0 aliphatic heterocycles. The van der Waals surface area contributed by atoms with E-state index in [1.54, 1.807) is 18.2 Å². The number of halogens is 1. The molecule has 4 aromatic rings. The average Bonchev–Trinajstić information content (AvgIpc) is 3.18. The Balaban J connectivity index is 1.64. The van der Waals surface area contributed by atoms with Gasteiger partial charge in [-0.2, -0.15) is 0 Å². The third kappa shape index (κ3) is 3.69. The summed E-state index contributed by atoms with van der Waals surface area (Å²) >= 11 is 2.46. The Morgan fingerprint density at radius 1 is 1.11 bits per heavy atom. The van der Waals surface area contributed by atoms with Gasteiger partial charge in [0.15, 0.2) is 5.16 Å². The lowest BCUT2D eigenvalue weighted by Crippen LogP contribution is -2.22. The van der Waals surface area contributed by atoms with Gasteiger partial charge in [0.1, 0.15) is 10.5 Å². The zero-order valence-corrected chi connectivity index (χ0v) is 16.1. The van der Waals surface area contributed by atoms with Gasteiger partial charge in [-0.05, 0) is 35.7 Å². The van der Waals surface area contributed by atoms with Crippen LogP contribution in [0.2, 0.25) is 0 Å². The van der Waals surface area contributed by atoms with Crippen LogP contribution in [0.5, 0.6) is 0 Å². The molecule has 0 saturated carbocycles. The van der Waals surface area contributed by atoms with Crippen molar-refractivity contribution in [1.29, 1.82) is 0 Å². The van der Waals surface area contributed by atoms with Gasteiger partial charge in [0.2, 0.25) is 5.91 Å². The van der Waals surface area contributed by atoms with Gasteiger partial charge in [0.05, 0.1) is 22.6 Å². The van der Waals surface area contributed by atoms with Crippen LogP contribution in [0.15, 0.2) is 76.0 Å². The van der Waals surface area contributed by atoms with E-state index in [-0.39, 0.29) is 22.9 Å². The summed E-state index contributed by atoms with van der Waals surface area (Å²) in [5.41, 5.74) is 1.21. The second-order valence-electron chi connectivity index (χ2n) is 5.82. The van der Waals surface area contributed by atoms with Crippen molar-refractivity contribution < 1.29 is 9.18 Å². The van der Waals surface area contributed by atoms with E-state index < -0.39 is 5.82 Å². The molecule has 0 unspecified atom stereocenters. The molecule has 5 nitrogen and oxygen atoms in total. The lowest BCUT2D eigenvalue weighted by molar-refractivity contribution is -0.113. The minimum Gasteiger partial charge on any atom is -0.323 e. The molecule has 2 aromatic carbocycles. The summed E-state index contributed by atoms with van der Waals surface area (Å²) in [6.45, 7) is 0. The van der Waals surface area contributed by atoms with Gasteiger partial charge in [0, 0.05) is 0 Å². The topological polar surface area (TPSA) is 64.0 Å². The molecule has 2 aromatic heterocycles. The number of hydrogen-bond acceptors (Lipinski definition) is 5. The highest BCUT2D eigenvalue weighted by molar-refractivity contribution is 7.99. The number of nitrogens with one attached hydrogen (secondary N) is 1. The lowest BCUT2D eigenvalue weighted by atomic mass is 10.3. The summed E-state index contributed by atoms with van der Waals surface area (Å²) in [7, 11) is 0. The third-order valence-electron chi connectivity index (χ3n) is 3.94. The Labute approximate surface area is 167 Å². The lowest BCUT2D eigenvalue weighted by Gasteiger charge is -2.12. The maximum absolute atomic E-state index is 13.7. The second-order valence-corrected chi connectivity index (χ2v) is 7.68. The molecule has 0 bridgehead atoms. The number of nitrogens with zero attached hydrogens (tertiary/aromatic N) is 2. The Hall–Kier alpha value is -2.97. The van der Waals surface area contributed by atoms with Crippen LogP contribution in [0.4, 0.5) is 10.1 Å². The highest BCUT2D eigenvalue weighted by atomic mass is 32.2. The van der Waals surface area contributed by atoms with Gasteiger partial charge >= 0.3 is 0 Å². The fourth-order valence-corrected chi connectivity index (χ4v) is 4.24. The maximum Gasteiger partial charge on any atom is 0.276 e. The highest BCUT2D eigenvalue weighted by Crippen LogP contribution is 2.24. The molecule has 0 saturated heterocycles. The Kier molecular flexibility index (Phi) is 5.23. The van der Waals surface area contributed by atoms with Gasteiger partial charge < -0.3 is 5.32 Å². The van der Waals surface area contributed by atoms with Crippen LogP contribution in [-0.2, 0) is 4.79 Å². The number of thiophene rings is 1. The van der Waals surface area contributed by atoms with Crippen LogP contribution >= 0.6 is 23.1 Å². The Morgan fingerprint density at radius 2 is 1.86 bits per heavy atom. The molecule has 1 N–H and O–H groups in total. The predicted molar refractivity (Wildman–Crippen MR) is 111 cm³/mol. The van der Waals surface area contributed by atoms with Gasteiger partial charge in [-0.15, -0.1) is 11.3 Å². The molecule has 28 heavy (non-hydrogen) atoms. The van der Waals surface area contributed by atoms with E-state index >= 15 is 0 Å². The molecule has 8 heteroatoms. The summed E-state index contributed by atoms with van der Waals surface area (Å²) in [4.78, 5) is 29.8. The number of fused-ring (bicyclic) bond motifs is 1. The minimum atomic E-state index is -0.500. The number of hydrogen-bond donors (Lipinski definition) is 1. The van der Waals surface area contributed by atoms with Crippen molar-refractivity contribution in [3.8, 4) is 5.69 Å². The van der Waals surface area contributed by atoms with Crippen LogP contribution in [-0.4, -0.2) is 21.2 Å². The molecule has 4 rings (SSSR count). The number of thioether (sulfide) groups is 1. The van der Waals surface area contributed by atoms with Gasteiger partial charge in [0.25, 0.3) is 5.56 Å². The number of aromatic nitrogens is 2. The molecule has 0 radical (unpaired) electrons. The summed E-state index contributed by atoms with van der Waals surface area (Å²) in [6.07, 6.45) is 0. The summed E-state index contributed by atoms with van der Waals surface area (Å²) in [5, 5.41) is 4.76. The zero-order valence-electron chi connectivity index (χ0n) is 14.5. The number of rotatable bonds is 5. The average molecular weight is 411 g/mol. The van der Waals surface area contributed by atoms with Gasteiger partial charge in [-0.25, -0.2) is 9.37 Å². The van der Waals surface area contributed by atoms with E-state index in [1.165, 1.54) is 28.0 Å². The number of carbonyl (C=O) groups is 1. The summed E-state index contributed by atoms with van der Waals surface area (Å²) < 4.78 is 15.8. The molecule has 1 amide bonds. The van der Waals surface area contributed by atoms with Gasteiger partial charge in [-0.1, -0.05) is 42.1 Å². The van der Waals surface area contributed by atoms with Gasteiger partial charge in [-0.3, -0.25) is 14.2 Å². The maximum atomic E-state index is 13.7. The van der Waals surface area contributed by atoms with Crippen molar-refractivity contribution in [2.24, 2.45) is 0 Å². The standard InChI is InChI=1S/C20H14FN3O2S2/c21-14-8-4-5-9-15(14)22-17(25)12-28-20-23-16-10-11-27-18(16)19(26)24(20)13-6-2-1-3-7-13/h1-11H,12H2,(H,22,25). The normalized spacial score (nSPS) is 10.9. The monoisotopic (exact) mass is 411 g/mol. The van der Waals surface area contributed by atoms with E-state index in [0.29, 0.717) is 21.1 Å². The van der Waals surface area contributed by atoms with Crippen molar-refractivity contribution in [2.45, 2.75) is 5.16 Å². The first-order valence-electron chi connectivity index (χ1n) is 8.36. The van der Waals surface area contributed by atoms with Crippen LogP contribution in [0.3, 0.4) is 0 Å². The molecular weight excluding hydrogens is 397 g/mol. The van der Waals surface area contributed by atoms with Crippen LogP contribution in [0.25, 0.3) is 15.9 Å². The number of para-hydroxylation sites is 2. The molecule has 0 atom stereocenters. The van der Waals surface area contributed by atoms with Crippen molar-refractivity contribution in [3.05, 3.63) is 82.2 Å². The Morgan fingerprint density at radius 3 is 2.64 bits per heavy atom. The van der Waals surface area contributed by atoms with E-state index in [9.17, 15) is 14.0 Å². The fourth-order valence-electron chi connectivity index (χ4n) is 2.67. The molecule has 140 valence electrons. The van der Waals surface area contributed by atoms with Crippen molar-refractivity contribution >= 4 is 44.9 Å². The first kappa shape index (κ1) is 18.4. The molecular formula is C20H14FN3O2S2. The molecule has 0 fully saturated rings. The molecule has 0 aliphatic rings. The third-order valence-corrected chi connectivity index (χ3v) is 5.77. The second kappa shape index (κ2) is 7.95. The summed E-state index contributed by atoms with van der Waals surface area (Å²) in [6, 6.07) is 16.9. The first-order valence-corrected chi connectivity index (χ1v) is 10.2. The number of carbonyl (C=O) groups excluding carboxylic acids is 1. The van der Waals surface area contributed by atoms with Crippen LogP contribution < -0.4 is 10.9 Å². The highest BCUT2D eigenvalue weighted by Gasteiger charge is 2.16. The summed E-state index contributed by atoms with van der Waals surface area (Å²) in [5.74, 6) is -0.891. The van der Waals surface area contributed by atoms with Crippen LogP contribution in [0.1, 0.15) is 0 Å². The minimum absolute atomic E-state index is 0.0107. The van der Waals surface area contributed by atoms with Crippen molar-refractivity contribution in [2.75, 3.05) is 11.1 Å². The van der Waals surface area contributed by atoms with E-state index in [1.807, 2.05) is 35.7 Å². The van der Waals surface area contributed by atoms with E-state index in [4.69, 9.17) is 0 Å². The molecule has 0 aliphatic carbocycles. The zero-order chi connectivity index (χ0) is 19.5. The fraction of sp³-hybridized carbons (Fsp3) is 0.0500. The van der Waals surface area contributed by atoms with E-state index in [0.717, 1.165) is 11.8 Å². The van der Waals surface area contributed by atoms with Crippen LogP contribution in [0, 0.1) is 5.82 Å². The number of amides is 1. The molecule has 0 spiro atoms. The quantitative estimate of drug-likeness (QED) is 0.392. The molecule has 2 heterocycles. The van der Waals surface area contributed by atoms with Crippen molar-refractivity contribution in [3.63, 3.8) is 0 Å². The first-order chi connectivity index (χ1) is 13.6. The SMILES string of the molecule is O=C(CSc1nc2ccsc2c(=O)n1-c1ccccc1)Nc1ccccc1F. The number of benzene rings is 2. The van der Waals surface area contributed by atoms with E-state index in [2.05, 4.69) is 10.3 Å². The predicted octanol–water partition coefficient (Wildman–Crippen LogP) is 4.32. The smallest absolute Gasteiger partial charge is 0.276 e. The van der Waals surface area contributed by atoms with Crippen molar-refractivity contribution in [1.82, 2.24) is 9.55 Å². The number of anilines is 1.